The molecular formula is C10H13F3N4O. The van der Waals surface area contributed by atoms with Gasteiger partial charge in [0, 0.05) is 33.2 Å². The van der Waals surface area contributed by atoms with Crippen molar-refractivity contribution in [3.8, 4) is 0 Å². The SMILES string of the molecule is Cn1ncc(C(=O)N2CCNCC2)c1C(F)(F)F. The molecule has 0 atom stereocenters. The third-order valence-corrected chi connectivity index (χ3v) is 2.84. The second-order valence-corrected chi connectivity index (χ2v) is 4.07. The standard InChI is InChI=1S/C10H13F3N4O/c1-16-8(10(11,12)13)7(6-15-16)9(18)17-4-2-14-3-5-17/h6,14H,2-5H2,1H3. The van der Waals surface area contributed by atoms with Gasteiger partial charge in [-0.15, -0.1) is 0 Å². The van der Waals surface area contributed by atoms with Crippen LogP contribution in [0.15, 0.2) is 6.20 Å². The Kier molecular flexibility index (Phi) is 3.29. The minimum atomic E-state index is -4.58. The molecule has 1 aromatic rings. The minimum Gasteiger partial charge on any atom is -0.336 e. The number of carbonyl (C=O) groups excluding carboxylic acids is 1. The quantitative estimate of drug-likeness (QED) is 0.801. The molecule has 1 N–H and O–H groups in total. The number of hydrogen-bond donors (Lipinski definition) is 1. The highest BCUT2D eigenvalue weighted by molar-refractivity contribution is 5.95. The van der Waals surface area contributed by atoms with Gasteiger partial charge in [0.1, 0.15) is 0 Å². The molecule has 1 aliphatic heterocycles. The van der Waals surface area contributed by atoms with E-state index in [0.717, 1.165) is 6.20 Å². The highest BCUT2D eigenvalue weighted by Crippen LogP contribution is 2.32. The first-order valence-corrected chi connectivity index (χ1v) is 5.50. The summed E-state index contributed by atoms with van der Waals surface area (Å²) in [5.41, 5.74) is -1.38. The van der Waals surface area contributed by atoms with E-state index in [1.54, 1.807) is 0 Å². The van der Waals surface area contributed by atoms with E-state index < -0.39 is 17.8 Å². The first kappa shape index (κ1) is 12.9. The Morgan fingerprint density at radius 1 is 1.39 bits per heavy atom. The van der Waals surface area contributed by atoms with Crippen molar-refractivity contribution < 1.29 is 18.0 Å². The Bertz CT molecular complexity index is 448. The maximum Gasteiger partial charge on any atom is 0.433 e. The Hall–Kier alpha value is -1.57. The van der Waals surface area contributed by atoms with Crippen LogP contribution in [-0.2, 0) is 13.2 Å². The van der Waals surface area contributed by atoms with E-state index in [-0.39, 0.29) is 5.56 Å². The third-order valence-electron chi connectivity index (χ3n) is 2.84. The molecule has 100 valence electrons. The monoisotopic (exact) mass is 262 g/mol. The molecular weight excluding hydrogens is 249 g/mol. The second kappa shape index (κ2) is 4.60. The van der Waals surface area contributed by atoms with Crippen LogP contribution in [0.1, 0.15) is 16.1 Å². The zero-order valence-corrected chi connectivity index (χ0v) is 9.79. The average molecular weight is 262 g/mol. The number of hydrogen-bond acceptors (Lipinski definition) is 3. The Morgan fingerprint density at radius 2 is 2.00 bits per heavy atom. The maximum absolute atomic E-state index is 12.8. The molecule has 1 aliphatic rings. The first-order chi connectivity index (χ1) is 8.41. The number of aryl methyl sites for hydroxylation is 1. The van der Waals surface area contributed by atoms with Gasteiger partial charge in [-0.25, -0.2) is 0 Å². The number of rotatable bonds is 1. The summed E-state index contributed by atoms with van der Waals surface area (Å²) in [6.07, 6.45) is -3.60. The molecule has 0 aliphatic carbocycles. The lowest BCUT2D eigenvalue weighted by Gasteiger charge is -2.27. The second-order valence-electron chi connectivity index (χ2n) is 4.07. The fourth-order valence-electron chi connectivity index (χ4n) is 1.97. The van der Waals surface area contributed by atoms with Gasteiger partial charge in [-0.05, 0) is 0 Å². The number of nitrogens with one attached hydrogen (secondary N) is 1. The van der Waals surface area contributed by atoms with Crippen LogP contribution >= 0.6 is 0 Å². The largest absolute Gasteiger partial charge is 0.433 e. The Morgan fingerprint density at radius 3 is 2.56 bits per heavy atom. The number of amides is 1. The molecule has 1 amide bonds. The van der Waals surface area contributed by atoms with Crippen molar-refractivity contribution in [1.29, 1.82) is 0 Å². The predicted octanol–water partition coefficient (Wildman–Crippen LogP) is 0.484. The summed E-state index contributed by atoms with van der Waals surface area (Å²) < 4.78 is 39.2. The van der Waals surface area contributed by atoms with Crippen LogP contribution in [0.5, 0.6) is 0 Å². The Labute approximate surface area is 102 Å². The molecule has 2 heterocycles. The zero-order valence-electron chi connectivity index (χ0n) is 9.79. The third kappa shape index (κ3) is 2.33. The number of piperazine rings is 1. The first-order valence-electron chi connectivity index (χ1n) is 5.50. The molecule has 0 saturated carbocycles. The van der Waals surface area contributed by atoms with Crippen molar-refractivity contribution in [3.05, 3.63) is 17.5 Å². The molecule has 18 heavy (non-hydrogen) atoms. The van der Waals surface area contributed by atoms with Crippen LogP contribution in [0.25, 0.3) is 0 Å². The maximum atomic E-state index is 12.8. The smallest absolute Gasteiger partial charge is 0.336 e. The summed E-state index contributed by atoms with van der Waals surface area (Å²) in [4.78, 5) is 13.4. The highest BCUT2D eigenvalue weighted by atomic mass is 19.4. The molecule has 0 unspecified atom stereocenters. The van der Waals surface area contributed by atoms with Gasteiger partial charge in [0.25, 0.3) is 5.91 Å². The van der Waals surface area contributed by atoms with Gasteiger partial charge in [0.15, 0.2) is 5.69 Å². The molecule has 0 radical (unpaired) electrons. The summed E-state index contributed by atoms with van der Waals surface area (Å²) >= 11 is 0. The van der Waals surface area contributed by atoms with E-state index in [1.807, 2.05) is 0 Å². The van der Waals surface area contributed by atoms with Gasteiger partial charge in [-0.3, -0.25) is 9.48 Å². The summed E-state index contributed by atoms with van der Waals surface area (Å²) in [7, 11) is 1.18. The summed E-state index contributed by atoms with van der Waals surface area (Å²) in [5, 5.41) is 6.57. The number of nitrogens with zero attached hydrogens (tertiary/aromatic N) is 3. The fourth-order valence-corrected chi connectivity index (χ4v) is 1.97. The van der Waals surface area contributed by atoms with Crippen molar-refractivity contribution in [2.75, 3.05) is 26.2 Å². The lowest BCUT2D eigenvalue weighted by molar-refractivity contribution is -0.144. The average Bonchev–Trinajstić information content (AvgIpc) is 2.71. The van der Waals surface area contributed by atoms with Gasteiger partial charge < -0.3 is 10.2 Å². The van der Waals surface area contributed by atoms with Crippen molar-refractivity contribution in [1.82, 2.24) is 20.0 Å². The van der Waals surface area contributed by atoms with E-state index in [4.69, 9.17) is 0 Å². The van der Waals surface area contributed by atoms with Crippen LogP contribution < -0.4 is 5.32 Å². The summed E-state index contributed by atoms with van der Waals surface area (Å²) in [6, 6.07) is 0. The van der Waals surface area contributed by atoms with E-state index in [0.29, 0.717) is 30.9 Å². The van der Waals surface area contributed by atoms with E-state index in [2.05, 4.69) is 10.4 Å². The van der Waals surface area contributed by atoms with E-state index in [1.165, 1.54) is 11.9 Å². The van der Waals surface area contributed by atoms with E-state index in [9.17, 15) is 18.0 Å². The van der Waals surface area contributed by atoms with Crippen LogP contribution in [-0.4, -0.2) is 46.8 Å². The Balaban J connectivity index is 2.30. The normalized spacial score (nSPS) is 17.0. The molecule has 0 spiro atoms. The van der Waals surface area contributed by atoms with Gasteiger partial charge >= 0.3 is 6.18 Å². The molecule has 0 bridgehead atoms. The molecule has 1 saturated heterocycles. The number of halogens is 3. The molecule has 8 heteroatoms. The summed E-state index contributed by atoms with van der Waals surface area (Å²) in [6.45, 7) is 2.00. The van der Waals surface area contributed by atoms with Gasteiger partial charge in [-0.1, -0.05) is 0 Å². The minimum absolute atomic E-state index is 0.382. The van der Waals surface area contributed by atoms with E-state index >= 15 is 0 Å². The van der Waals surface area contributed by atoms with Crippen LogP contribution in [0.2, 0.25) is 0 Å². The van der Waals surface area contributed by atoms with Gasteiger partial charge in [-0.2, -0.15) is 18.3 Å². The highest BCUT2D eigenvalue weighted by Gasteiger charge is 2.40. The van der Waals surface area contributed by atoms with Crippen LogP contribution in [0, 0.1) is 0 Å². The van der Waals surface area contributed by atoms with Crippen molar-refractivity contribution in [2.45, 2.75) is 6.18 Å². The number of alkyl halides is 3. The van der Waals surface area contributed by atoms with Crippen LogP contribution in [0.3, 0.4) is 0 Å². The van der Waals surface area contributed by atoms with Gasteiger partial charge in [0.2, 0.25) is 0 Å². The number of aromatic nitrogens is 2. The van der Waals surface area contributed by atoms with Gasteiger partial charge in [0.05, 0.1) is 11.8 Å². The summed E-state index contributed by atoms with van der Waals surface area (Å²) in [5.74, 6) is -0.614. The molecule has 2 rings (SSSR count). The van der Waals surface area contributed by atoms with Crippen molar-refractivity contribution in [3.63, 3.8) is 0 Å². The van der Waals surface area contributed by atoms with Crippen molar-refractivity contribution in [2.24, 2.45) is 7.05 Å². The number of carbonyl (C=O) groups is 1. The lowest BCUT2D eigenvalue weighted by atomic mass is 10.2. The molecule has 1 fully saturated rings. The molecule has 1 aromatic heterocycles. The lowest BCUT2D eigenvalue weighted by Crippen LogP contribution is -2.46. The fraction of sp³-hybridized carbons (Fsp3) is 0.600. The van der Waals surface area contributed by atoms with Crippen molar-refractivity contribution >= 4 is 5.91 Å². The van der Waals surface area contributed by atoms with Crippen LogP contribution in [0.4, 0.5) is 13.2 Å². The zero-order chi connectivity index (χ0) is 13.3. The predicted molar refractivity (Wildman–Crippen MR) is 57.0 cm³/mol. The topological polar surface area (TPSA) is 50.2 Å². The molecule has 5 nitrogen and oxygen atoms in total. The molecule has 0 aromatic carbocycles.